The lowest BCUT2D eigenvalue weighted by Crippen LogP contribution is -1.94. The van der Waals surface area contributed by atoms with Crippen LogP contribution in [0.5, 0.6) is 0 Å². The molecule has 4 aromatic rings. The molecule has 8 heteroatoms. The number of hydrogen-bond acceptors (Lipinski definition) is 6. The molecule has 0 spiro atoms. The summed E-state index contributed by atoms with van der Waals surface area (Å²) in [5.41, 5.74) is 1.75. The molecule has 0 bridgehead atoms. The maximum absolute atomic E-state index is 6.01. The van der Waals surface area contributed by atoms with Gasteiger partial charge in [0.25, 0.3) is 0 Å². The summed E-state index contributed by atoms with van der Waals surface area (Å²) >= 11 is 7.47. The molecule has 0 saturated carbocycles. The second-order valence-electron chi connectivity index (χ2n) is 5.52. The Labute approximate surface area is 159 Å². The van der Waals surface area contributed by atoms with Crippen molar-refractivity contribution >= 4 is 23.4 Å². The van der Waals surface area contributed by atoms with E-state index in [0.717, 1.165) is 11.3 Å². The molecule has 0 aliphatic heterocycles. The van der Waals surface area contributed by atoms with Gasteiger partial charge in [-0.25, -0.2) is 9.67 Å². The topological polar surface area (TPSA) is 69.6 Å². The van der Waals surface area contributed by atoms with E-state index >= 15 is 0 Å². The van der Waals surface area contributed by atoms with Gasteiger partial charge in [0.05, 0.1) is 10.9 Å². The van der Waals surface area contributed by atoms with E-state index in [1.165, 1.54) is 11.8 Å². The number of halogens is 1. The average Bonchev–Trinajstić information content (AvgIpc) is 3.32. The molecular formula is C18H14ClN5OS. The third-order valence-corrected chi connectivity index (χ3v) is 4.82. The zero-order chi connectivity index (χ0) is 17.9. The quantitative estimate of drug-likeness (QED) is 0.460. The Kier molecular flexibility index (Phi) is 4.73. The monoisotopic (exact) mass is 383 g/mol. The molecule has 130 valence electrons. The first-order chi connectivity index (χ1) is 12.7. The molecule has 2 aromatic carbocycles. The number of para-hydroxylation sites is 1. The van der Waals surface area contributed by atoms with Crippen molar-refractivity contribution in [3.8, 4) is 17.1 Å². The summed E-state index contributed by atoms with van der Waals surface area (Å²) in [5, 5.41) is 13.9. The molecule has 0 aliphatic carbocycles. The number of nitrogens with zero attached hydrogens (tertiary/aromatic N) is 5. The molecule has 0 aliphatic rings. The van der Waals surface area contributed by atoms with Gasteiger partial charge in [0.1, 0.15) is 6.33 Å². The SMILES string of the molecule is C[C@H](Sc1ncn(-c2ccccc2)n1)c1nnc(-c2cccc(Cl)c2)o1. The third-order valence-electron chi connectivity index (χ3n) is 3.63. The lowest BCUT2D eigenvalue weighted by atomic mass is 10.2. The molecule has 6 nitrogen and oxygen atoms in total. The maximum atomic E-state index is 6.01. The van der Waals surface area contributed by atoms with E-state index in [9.17, 15) is 0 Å². The predicted octanol–water partition coefficient (Wildman–Crippen LogP) is 4.82. The van der Waals surface area contributed by atoms with Crippen LogP contribution < -0.4 is 0 Å². The Morgan fingerprint density at radius 3 is 2.73 bits per heavy atom. The molecule has 0 N–H and O–H groups in total. The lowest BCUT2D eigenvalue weighted by Gasteiger charge is -2.03. The van der Waals surface area contributed by atoms with Crippen molar-refractivity contribution in [2.75, 3.05) is 0 Å². The Morgan fingerprint density at radius 2 is 1.92 bits per heavy atom. The van der Waals surface area contributed by atoms with Crippen molar-refractivity contribution in [3.05, 3.63) is 71.8 Å². The van der Waals surface area contributed by atoms with Gasteiger partial charge in [-0.2, -0.15) is 0 Å². The van der Waals surface area contributed by atoms with Crippen LogP contribution in [0.3, 0.4) is 0 Å². The van der Waals surface area contributed by atoms with E-state index in [0.29, 0.717) is 22.0 Å². The summed E-state index contributed by atoms with van der Waals surface area (Å²) in [6.45, 7) is 1.98. The number of thioether (sulfide) groups is 1. The van der Waals surface area contributed by atoms with Crippen molar-refractivity contribution in [2.45, 2.75) is 17.3 Å². The lowest BCUT2D eigenvalue weighted by molar-refractivity contribution is 0.509. The first kappa shape index (κ1) is 16.8. The fourth-order valence-electron chi connectivity index (χ4n) is 2.35. The molecule has 0 unspecified atom stereocenters. The van der Waals surface area contributed by atoms with Gasteiger partial charge >= 0.3 is 0 Å². The zero-order valence-electron chi connectivity index (χ0n) is 13.8. The summed E-state index contributed by atoms with van der Waals surface area (Å²) in [6.07, 6.45) is 1.69. The van der Waals surface area contributed by atoms with Crippen molar-refractivity contribution in [1.29, 1.82) is 0 Å². The van der Waals surface area contributed by atoms with E-state index in [4.69, 9.17) is 16.0 Å². The number of rotatable bonds is 5. The first-order valence-corrected chi connectivity index (χ1v) is 9.18. The van der Waals surface area contributed by atoms with Gasteiger partial charge in [-0.15, -0.1) is 15.3 Å². The molecule has 0 radical (unpaired) electrons. The van der Waals surface area contributed by atoms with E-state index in [1.54, 1.807) is 23.1 Å². The van der Waals surface area contributed by atoms with Crippen LogP contribution >= 0.6 is 23.4 Å². The molecule has 0 saturated heterocycles. The van der Waals surface area contributed by atoms with Crippen LogP contribution in [-0.4, -0.2) is 25.0 Å². The highest BCUT2D eigenvalue weighted by atomic mass is 35.5. The highest BCUT2D eigenvalue weighted by Gasteiger charge is 2.18. The summed E-state index contributed by atoms with van der Waals surface area (Å²) < 4.78 is 7.52. The van der Waals surface area contributed by atoms with Gasteiger partial charge in [0.2, 0.25) is 16.9 Å². The maximum Gasteiger partial charge on any atom is 0.247 e. The van der Waals surface area contributed by atoms with Gasteiger partial charge in [-0.05, 0) is 37.3 Å². The Morgan fingerprint density at radius 1 is 1.08 bits per heavy atom. The molecule has 0 fully saturated rings. The van der Waals surface area contributed by atoms with E-state index in [2.05, 4.69) is 20.3 Å². The minimum Gasteiger partial charge on any atom is -0.419 e. The zero-order valence-corrected chi connectivity index (χ0v) is 15.4. The van der Waals surface area contributed by atoms with Crippen molar-refractivity contribution in [1.82, 2.24) is 25.0 Å². The largest absolute Gasteiger partial charge is 0.419 e. The van der Waals surface area contributed by atoms with Crippen LogP contribution in [0.1, 0.15) is 18.1 Å². The second kappa shape index (κ2) is 7.31. The van der Waals surface area contributed by atoms with Gasteiger partial charge < -0.3 is 4.42 Å². The van der Waals surface area contributed by atoms with E-state index in [1.807, 2.05) is 49.4 Å². The van der Waals surface area contributed by atoms with Gasteiger partial charge in [-0.1, -0.05) is 47.6 Å². The Hall–Kier alpha value is -2.64. The molecule has 0 amide bonds. The first-order valence-electron chi connectivity index (χ1n) is 7.92. The summed E-state index contributed by atoms with van der Waals surface area (Å²) in [5.74, 6) is 0.957. The van der Waals surface area contributed by atoms with Gasteiger partial charge in [0, 0.05) is 10.6 Å². The minimum absolute atomic E-state index is 0.0814. The van der Waals surface area contributed by atoms with Crippen LogP contribution in [0.4, 0.5) is 0 Å². The van der Waals surface area contributed by atoms with Crippen molar-refractivity contribution in [3.63, 3.8) is 0 Å². The molecule has 4 rings (SSSR count). The van der Waals surface area contributed by atoms with Crippen LogP contribution in [0.2, 0.25) is 5.02 Å². The molecule has 2 aromatic heterocycles. The van der Waals surface area contributed by atoms with E-state index < -0.39 is 0 Å². The Balaban J connectivity index is 1.49. The molecule has 1 atom stereocenters. The van der Waals surface area contributed by atoms with Crippen LogP contribution in [0, 0.1) is 0 Å². The third kappa shape index (κ3) is 3.63. The van der Waals surface area contributed by atoms with Crippen molar-refractivity contribution in [2.24, 2.45) is 0 Å². The average molecular weight is 384 g/mol. The number of hydrogen-bond donors (Lipinski definition) is 0. The highest BCUT2D eigenvalue weighted by molar-refractivity contribution is 7.99. The summed E-state index contributed by atoms with van der Waals surface area (Å²) in [7, 11) is 0. The number of benzene rings is 2. The normalized spacial score (nSPS) is 12.2. The van der Waals surface area contributed by atoms with Gasteiger partial charge in [-0.3, -0.25) is 0 Å². The fourth-order valence-corrected chi connectivity index (χ4v) is 3.30. The summed E-state index contributed by atoms with van der Waals surface area (Å²) in [4.78, 5) is 4.34. The standard InChI is InChI=1S/C18H14ClN5OS/c1-12(16-21-22-17(25-16)13-6-5-7-14(19)10-13)26-18-20-11-24(23-18)15-8-3-2-4-9-15/h2-12H,1H3/t12-/m0/s1. The van der Waals surface area contributed by atoms with Crippen molar-refractivity contribution < 1.29 is 4.42 Å². The second-order valence-corrected chi connectivity index (χ2v) is 7.27. The minimum atomic E-state index is -0.0814. The molecular weight excluding hydrogens is 370 g/mol. The van der Waals surface area contributed by atoms with E-state index in [-0.39, 0.29) is 5.25 Å². The molecule has 26 heavy (non-hydrogen) atoms. The number of aromatic nitrogens is 5. The Bertz CT molecular complexity index is 1020. The van der Waals surface area contributed by atoms with Crippen LogP contribution in [0.15, 0.2) is 70.5 Å². The highest BCUT2D eigenvalue weighted by Crippen LogP contribution is 2.33. The summed E-state index contributed by atoms with van der Waals surface area (Å²) in [6, 6.07) is 17.2. The fraction of sp³-hybridized carbons (Fsp3) is 0.111. The smallest absolute Gasteiger partial charge is 0.247 e. The predicted molar refractivity (Wildman–Crippen MR) is 100 cm³/mol. The van der Waals surface area contributed by atoms with Gasteiger partial charge in [0.15, 0.2) is 0 Å². The van der Waals surface area contributed by atoms with Crippen LogP contribution in [0.25, 0.3) is 17.1 Å². The van der Waals surface area contributed by atoms with Crippen LogP contribution in [-0.2, 0) is 0 Å². The molecule has 2 heterocycles.